The van der Waals surface area contributed by atoms with Crippen molar-refractivity contribution in [1.29, 1.82) is 0 Å². The number of ether oxygens (including phenoxy) is 1. The molecule has 0 aromatic carbocycles. The Bertz CT molecular complexity index is 770. The molecule has 2 unspecified atom stereocenters. The van der Waals surface area contributed by atoms with Gasteiger partial charge in [0, 0.05) is 29.7 Å². The minimum Gasteiger partial charge on any atom is -0.500 e. The van der Waals surface area contributed by atoms with Gasteiger partial charge < -0.3 is 9.84 Å². The van der Waals surface area contributed by atoms with Gasteiger partial charge in [0.15, 0.2) is 0 Å². The van der Waals surface area contributed by atoms with Crippen molar-refractivity contribution < 1.29 is 19.1 Å². The lowest BCUT2D eigenvalue weighted by atomic mass is 9.89. The van der Waals surface area contributed by atoms with Crippen LogP contribution in [0, 0.1) is 6.92 Å². The van der Waals surface area contributed by atoms with Gasteiger partial charge in [0.25, 0.3) is 0 Å². The van der Waals surface area contributed by atoms with Crippen LogP contribution in [0.5, 0.6) is 5.75 Å². The Kier molecular flexibility index (Phi) is 4.31. The minimum absolute atomic E-state index is 0.149. The third-order valence-electron chi connectivity index (χ3n) is 4.63. The summed E-state index contributed by atoms with van der Waals surface area (Å²) in [5.74, 6) is 0.987. The standard InChI is InChI=1S/C20H22O4/c1-11(2)17-6-5-14-10-16(24-20(14)22)8-12(3)7-15-9-13(4)18(21)19(17)23-15/h7,9-10,16-17H,1,5-6,8H2,2-4H3/p+1/b12-7-. The van der Waals surface area contributed by atoms with Crippen LogP contribution in [0.25, 0.3) is 6.08 Å². The molecule has 1 aromatic heterocycles. The highest BCUT2D eigenvalue weighted by molar-refractivity contribution is 5.90. The molecule has 3 rings (SSSR count). The number of carbonyl (C=O) groups excluding carboxylic acids is 1. The van der Waals surface area contributed by atoms with E-state index in [0.717, 1.165) is 16.7 Å². The number of fused-ring (bicyclic) bond motifs is 3. The first-order valence-electron chi connectivity index (χ1n) is 8.26. The summed E-state index contributed by atoms with van der Waals surface area (Å²) < 4.78 is 11.4. The molecular weight excluding hydrogens is 304 g/mol. The van der Waals surface area contributed by atoms with E-state index >= 15 is 0 Å². The first-order chi connectivity index (χ1) is 11.3. The van der Waals surface area contributed by atoms with E-state index < -0.39 is 0 Å². The lowest BCUT2D eigenvalue weighted by Crippen LogP contribution is -2.08. The summed E-state index contributed by atoms with van der Waals surface area (Å²) in [6, 6.07) is 1.82. The van der Waals surface area contributed by atoms with Gasteiger partial charge in [-0.2, -0.15) is 0 Å². The highest BCUT2D eigenvalue weighted by Gasteiger charge is 2.34. The second-order valence-corrected chi connectivity index (χ2v) is 6.81. The van der Waals surface area contributed by atoms with Crippen molar-refractivity contribution in [2.24, 2.45) is 0 Å². The summed E-state index contributed by atoms with van der Waals surface area (Å²) in [6.45, 7) is 9.81. The van der Waals surface area contributed by atoms with Crippen LogP contribution in [0.1, 0.15) is 56.1 Å². The number of carbonyl (C=O) groups is 1. The topological polar surface area (TPSA) is 57.8 Å². The molecule has 0 saturated carbocycles. The van der Waals surface area contributed by atoms with Crippen molar-refractivity contribution in [3.8, 4) is 5.75 Å². The van der Waals surface area contributed by atoms with Crippen LogP contribution >= 0.6 is 0 Å². The van der Waals surface area contributed by atoms with Crippen LogP contribution in [-0.4, -0.2) is 17.2 Å². The predicted molar refractivity (Wildman–Crippen MR) is 92.5 cm³/mol. The quantitative estimate of drug-likeness (QED) is 0.462. The van der Waals surface area contributed by atoms with E-state index in [2.05, 4.69) is 6.58 Å². The van der Waals surface area contributed by atoms with Crippen molar-refractivity contribution in [3.63, 3.8) is 0 Å². The molecule has 126 valence electrons. The second-order valence-electron chi connectivity index (χ2n) is 6.81. The van der Waals surface area contributed by atoms with Gasteiger partial charge in [0.1, 0.15) is 6.10 Å². The van der Waals surface area contributed by atoms with E-state index in [9.17, 15) is 9.90 Å². The van der Waals surface area contributed by atoms with E-state index in [1.165, 1.54) is 0 Å². The monoisotopic (exact) mass is 327 g/mol. The number of allylic oxidation sites excluding steroid dienone is 1. The minimum atomic E-state index is -0.239. The molecule has 0 aliphatic carbocycles. The Morgan fingerprint density at radius 1 is 1.42 bits per heavy atom. The molecule has 2 aliphatic rings. The van der Waals surface area contributed by atoms with Gasteiger partial charge in [-0.3, -0.25) is 0 Å². The fourth-order valence-electron chi connectivity index (χ4n) is 3.33. The maximum atomic E-state index is 12.0. The molecule has 4 bridgehead atoms. The Balaban J connectivity index is 2.12. The molecular formula is C20H23O4+. The molecule has 3 heterocycles. The number of aromatic hydroxyl groups is 1. The molecule has 2 atom stereocenters. The highest BCUT2D eigenvalue weighted by atomic mass is 16.5. The van der Waals surface area contributed by atoms with Crippen LogP contribution in [-0.2, 0) is 9.53 Å². The Labute approximate surface area is 142 Å². The summed E-state index contributed by atoms with van der Waals surface area (Å²) in [4.78, 5) is 12.0. The zero-order valence-electron chi connectivity index (χ0n) is 14.4. The molecule has 2 aliphatic heterocycles. The summed E-state index contributed by atoms with van der Waals surface area (Å²) in [7, 11) is 0. The maximum Gasteiger partial charge on any atom is 0.378 e. The van der Waals surface area contributed by atoms with Crippen molar-refractivity contribution in [3.05, 3.63) is 52.5 Å². The van der Waals surface area contributed by atoms with Crippen molar-refractivity contribution in [1.82, 2.24) is 0 Å². The summed E-state index contributed by atoms with van der Waals surface area (Å²) in [5.41, 5.74) is 3.42. The lowest BCUT2D eigenvalue weighted by molar-refractivity contribution is -0.139. The first-order valence-corrected chi connectivity index (χ1v) is 8.26. The average Bonchev–Trinajstić information content (AvgIpc) is 2.82. The van der Waals surface area contributed by atoms with Crippen molar-refractivity contribution in [2.45, 2.75) is 52.1 Å². The number of hydrogen-bond acceptors (Lipinski definition) is 3. The van der Waals surface area contributed by atoms with Gasteiger partial charge in [-0.25, -0.2) is 9.21 Å². The number of esters is 1. The predicted octanol–water partition coefficient (Wildman–Crippen LogP) is 4.67. The third-order valence-corrected chi connectivity index (χ3v) is 4.63. The Morgan fingerprint density at radius 3 is 2.88 bits per heavy atom. The van der Waals surface area contributed by atoms with Crippen molar-refractivity contribution in [2.75, 3.05) is 0 Å². The Morgan fingerprint density at radius 2 is 2.17 bits per heavy atom. The fourth-order valence-corrected chi connectivity index (χ4v) is 3.33. The highest BCUT2D eigenvalue weighted by Crippen LogP contribution is 2.39. The molecule has 24 heavy (non-hydrogen) atoms. The van der Waals surface area contributed by atoms with Gasteiger partial charge >= 0.3 is 17.5 Å². The van der Waals surface area contributed by atoms with Crippen LogP contribution in [0.3, 0.4) is 0 Å². The van der Waals surface area contributed by atoms with E-state index in [0.29, 0.717) is 36.4 Å². The van der Waals surface area contributed by atoms with Crippen LogP contribution in [0.4, 0.5) is 0 Å². The number of hydrogen-bond donors (Lipinski definition) is 1. The molecule has 4 heteroatoms. The zero-order valence-corrected chi connectivity index (χ0v) is 14.4. The molecule has 1 aromatic rings. The smallest absolute Gasteiger partial charge is 0.378 e. The second kappa shape index (κ2) is 6.27. The number of aryl methyl sites for hydroxylation is 1. The van der Waals surface area contributed by atoms with Crippen LogP contribution < -0.4 is 0 Å². The molecule has 4 nitrogen and oxygen atoms in total. The molecule has 0 spiro atoms. The van der Waals surface area contributed by atoms with Crippen LogP contribution in [0.15, 0.2) is 39.9 Å². The van der Waals surface area contributed by atoms with Gasteiger partial charge in [-0.1, -0.05) is 17.7 Å². The summed E-state index contributed by atoms with van der Waals surface area (Å²) in [5, 5.41) is 10.5. The average molecular weight is 327 g/mol. The van der Waals surface area contributed by atoms with Gasteiger partial charge in [0.05, 0.1) is 5.92 Å². The molecule has 0 amide bonds. The fraction of sp³-hybridized carbons (Fsp3) is 0.400. The number of rotatable bonds is 1. The third kappa shape index (κ3) is 3.14. The molecule has 1 N–H and O–H groups in total. The molecule has 0 saturated heterocycles. The largest absolute Gasteiger partial charge is 0.500 e. The van der Waals surface area contributed by atoms with E-state index in [-0.39, 0.29) is 23.7 Å². The summed E-state index contributed by atoms with van der Waals surface area (Å²) in [6.07, 6.45) is 5.52. The normalized spacial score (nSPS) is 25.7. The van der Waals surface area contributed by atoms with E-state index in [4.69, 9.17) is 9.15 Å². The zero-order chi connectivity index (χ0) is 17.4. The molecule has 0 fully saturated rings. The van der Waals surface area contributed by atoms with Crippen molar-refractivity contribution >= 4 is 12.0 Å². The maximum absolute atomic E-state index is 12.0. The van der Waals surface area contributed by atoms with Gasteiger partial charge in [-0.15, -0.1) is 0 Å². The van der Waals surface area contributed by atoms with Gasteiger partial charge in [0.2, 0.25) is 5.75 Å². The Hall–Kier alpha value is -2.36. The summed E-state index contributed by atoms with van der Waals surface area (Å²) >= 11 is 0. The van der Waals surface area contributed by atoms with Crippen LogP contribution in [0.2, 0.25) is 0 Å². The van der Waals surface area contributed by atoms with E-state index in [1.54, 1.807) is 0 Å². The lowest BCUT2D eigenvalue weighted by Gasteiger charge is -2.12. The van der Waals surface area contributed by atoms with Gasteiger partial charge in [-0.05, 0) is 39.7 Å². The van der Waals surface area contributed by atoms with E-state index in [1.807, 2.05) is 39.0 Å². The molecule has 0 radical (unpaired) electrons. The first kappa shape index (κ1) is 16.5. The SMILES string of the molecule is C=C(C)C1CCC2=CC(C/C(C)=C\c3cc(C)c(O)c1[o+]3)OC2=O.